The van der Waals surface area contributed by atoms with Gasteiger partial charge in [0.05, 0.1) is 5.71 Å². The van der Waals surface area contributed by atoms with Crippen LogP contribution in [0, 0.1) is 0 Å². The summed E-state index contributed by atoms with van der Waals surface area (Å²) in [5.74, 6) is 0. The zero-order valence-corrected chi connectivity index (χ0v) is 12.8. The summed E-state index contributed by atoms with van der Waals surface area (Å²) in [5.41, 5.74) is 1.12. The van der Waals surface area contributed by atoms with Crippen LogP contribution in [-0.2, 0) is 4.84 Å². The number of unbranched alkanes of at least 4 members (excludes halogenated alkanes) is 10. The summed E-state index contributed by atoms with van der Waals surface area (Å²) in [7, 11) is 1.62. The molecule has 0 aliphatic rings. The molecule has 0 aromatic carbocycles. The zero-order valence-electron chi connectivity index (χ0n) is 12.8. The van der Waals surface area contributed by atoms with Crippen molar-refractivity contribution in [3.8, 4) is 0 Å². The molecule has 2 heteroatoms. The predicted octanol–water partition coefficient (Wildman–Crippen LogP) is 5.71. The van der Waals surface area contributed by atoms with Crippen molar-refractivity contribution < 1.29 is 4.84 Å². The van der Waals surface area contributed by atoms with E-state index in [2.05, 4.69) is 12.1 Å². The summed E-state index contributed by atoms with van der Waals surface area (Å²) in [6, 6.07) is 0. The monoisotopic (exact) mass is 255 g/mol. The van der Waals surface area contributed by atoms with Gasteiger partial charge in [-0.05, 0) is 19.8 Å². The third kappa shape index (κ3) is 13.5. The van der Waals surface area contributed by atoms with Gasteiger partial charge in [-0.3, -0.25) is 0 Å². The van der Waals surface area contributed by atoms with Crippen LogP contribution in [0.5, 0.6) is 0 Å². The lowest BCUT2D eigenvalue weighted by atomic mass is 10.0. The molecule has 0 atom stereocenters. The van der Waals surface area contributed by atoms with E-state index in [0.717, 1.165) is 12.1 Å². The summed E-state index contributed by atoms with van der Waals surface area (Å²) < 4.78 is 0. The zero-order chi connectivity index (χ0) is 13.5. The first-order valence-corrected chi connectivity index (χ1v) is 7.88. The van der Waals surface area contributed by atoms with Crippen LogP contribution in [0.4, 0.5) is 0 Å². The maximum Gasteiger partial charge on any atom is 0.106 e. The van der Waals surface area contributed by atoms with Gasteiger partial charge in [-0.25, -0.2) is 0 Å². The van der Waals surface area contributed by atoms with Crippen molar-refractivity contribution in [2.24, 2.45) is 5.16 Å². The molecule has 0 rings (SSSR count). The molecule has 0 saturated heterocycles. The molecule has 0 radical (unpaired) electrons. The lowest BCUT2D eigenvalue weighted by Gasteiger charge is -2.02. The number of nitrogens with zero attached hydrogens (tertiary/aromatic N) is 1. The first-order valence-electron chi connectivity index (χ1n) is 7.88. The Kier molecular flexibility index (Phi) is 14.1. The van der Waals surface area contributed by atoms with Gasteiger partial charge in [0, 0.05) is 0 Å². The van der Waals surface area contributed by atoms with Gasteiger partial charge in [0.25, 0.3) is 0 Å². The highest BCUT2D eigenvalue weighted by atomic mass is 16.6. The van der Waals surface area contributed by atoms with Crippen LogP contribution < -0.4 is 0 Å². The SMILES string of the molecule is CCCCCCCCCCCCCC(C)=NOC. The van der Waals surface area contributed by atoms with E-state index in [1.54, 1.807) is 7.11 Å². The molecule has 0 fully saturated rings. The fourth-order valence-corrected chi connectivity index (χ4v) is 2.25. The maximum absolute atomic E-state index is 4.74. The standard InChI is InChI=1S/C16H33NO/c1-4-5-6-7-8-9-10-11-12-13-14-15-16(2)17-18-3/h4-15H2,1-3H3. The van der Waals surface area contributed by atoms with Crippen LogP contribution in [0.3, 0.4) is 0 Å². The fourth-order valence-electron chi connectivity index (χ4n) is 2.25. The van der Waals surface area contributed by atoms with E-state index < -0.39 is 0 Å². The third-order valence-corrected chi connectivity index (χ3v) is 3.39. The highest BCUT2D eigenvalue weighted by Crippen LogP contribution is 2.12. The van der Waals surface area contributed by atoms with Crippen molar-refractivity contribution in [2.45, 2.75) is 90.9 Å². The predicted molar refractivity (Wildman–Crippen MR) is 81.2 cm³/mol. The van der Waals surface area contributed by atoms with Gasteiger partial charge in [0.15, 0.2) is 0 Å². The molecule has 0 aliphatic carbocycles. The van der Waals surface area contributed by atoms with Gasteiger partial charge in [0.1, 0.15) is 7.11 Å². The average molecular weight is 255 g/mol. The molecule has 0 spiro atoms. The number of hydrogen-bond donors (Lipinski definition) is 0. The van der Waals surface area contributed by atoms with Crippen molar-refractivity contribution in [1.82, 2.24) is 0 Å². The topological polar surface area (TPSA) is 21.6 Å². The summed E-state index contributed by atoms with van der Waals surface area (Å²) >= 11 is 0. The second-order valence-corrected chi connectivity index (χ2v) is 5.29. The molecule has 0 bridgehead atoms. The molecular weight excluding hydrogens is 222 g/mol. The molecule has 2 nitrogen and oxygen atoms in total. The first kappa shape index (κ1) is 17.5. The Bertz CT molecular complexity index is 190. The smallest absolute Gasteiger partial charge is 0.106 e. The van der Waals surface area contributed by atoms with E-state index in [-0.39, 0.29) is 0 Å². The average Bonchev–Trinajstić information content (AvgIpc) is 2.36. The summed E-state index contributed by atoms with van der Waals surface area (Å²) in [6.45, 7) is 4.32. The van der Waals surface area contributed by atoms with Crippen LogP contribution in [0.1, 0.15) is 90.9 Å². The van der Waals surface area contributed by atoms with Crippen LogP contribution in [-0.4, -0.2) is 12.8 Å². The summed E-state index contributed by atoms with van der Waals surface area (Å²) in [5, 5.41) is 3.92. The third-order valence-electron chi connectivity index (χ3n) is 3.39. The Labute approximate surface area is 114 Å². The Morgan fingerprint density at radius 3 is 1.67 bits per heavy atom. The van der Waals surface area contributed by atoms with Crippen molar-refractivity contribution in [3.63, 3.8) is 0 Å². The molecule has 0 aliphatic heterocycles. The van der Waals surface area contributed by atoms with E-state index in [1.807, 2.05) is 6.92 Å². The van der Waals surface area contributed by atoms with Crippen LogP contribution in [0.25, 0.3) is 0 Å². The first-order chi connectivity index (χ1) is 8.81. The van der Waals surface area contributed by atoms with Crippen LogP contribution >= 0.6 is 0 Å². The molecule has 0 heterocycles. The van der Waals surface area contributed by atoms with E-state index in [4.69, 9.17) is 4.84 Å². The molecule has 108 valence electrons. The molecule has 0 aromatic rings. The molecular formula is C16H33NO. The second kappa shape index (κ2) is 14.5. The van der Waals surface area contributed by atoms with Crippen molar-refractivity contribution in [3.05, 3.63) is 0 Å². The van der Waals surface area contributed by atoms with Crippen LogP contribution in [0.15, 0.2) is 5.16 Å². The van der Waals surface area contributed by atoms with Gasteiger partial charge in [0.2, 0.25) is 0 Å². The Morgan fingerprint density at radius 2 is 1.22 bits per heavy atom. The quantitative estimate of drug-likeness (QED) is 0.235. The van der Waals surface area contributed by atoms with Crippen molar-refractivity contribution >= 4 is 5.71 Å². The van der Waals surface area contributed by atoms with Gasteiger partial charge >= 0.3 is 0 Å². The number of rotatable bonds is 13. The highest BCUT2D eigenvalue weighted by Gasteiger charge is 1.95. The minimum atomic E-state index is 1.09. The molecule has 0 N–H and O–H groups in total. The Morgan fingerprint density at radius 1 is 0.778 bits per heavy atom. The van der Waals surface area contributed by atoms with Crippen LogP contribution in [0.2, 0.25) is 0 Å². The molecule has 0 aromatic heterocycles. The minimum Gasteiger partial charge on any atom is -0.399 e. The van der Waals surface area contributed by atoms with E-state index in [0.29, 0.717) is 0 Å². The Hall–Kier alpha value is -0.530. The van der Waals surface area contributed by atoms with Gasteiger partial charge in [-0.1, -0.05) is 76.3 Å². The van der Waals surface area contributed by atoms with E-state index in [9.17, 15) is 0 Å². The highest BCUT2D eigenvalue weighted by molar-refractivity contribution is 5.81. The largest absolute Gasteiger partial charge is 0.399 e. The second-order valence-electron chi connectivity index (χ2n) is 5.29. The number of hydrogen-bond acceptors (Lipinski definition) is 2. The van der Waals surface area contributed by atoms with E-state index in [1.165, 1.54) is 70.6 Å². The molecule has 0 unspecified atom stereocenters. The van der Waals surface area contributed by atoms with E-state index >= 15 is 0 Å². The van der Waals surface area contributed by atoms with Gasteiger partial charge in [-0.15, -0.1) is 0 Å². The van der Waals surface area contributed by atoms with Gasteiger partial charge in [-0.2, -0.15) is 0 Å². The van der Waals surface area contributed by atoms with Crippen molar-refractivity contribution in [2.75, 3.05) is 7.11 Å². The minimum absolute atomic E-state index is 1.09. The molecule has 0 amide bonds. The number of oxime groups is 1. The lowest BCUT2D eigenvalue weighted by Crippen LogP contribution is -1.92. The molecule has 18 heavy (non-hydrogen) atoms. The fraction of sp³-hybridized carbons (Fsp3) is 0.938. The molecule has 0 saturated carbocycles. The summed E-state index contributed by atoms with van der Waals surface area (Å²) in [6.07, 6.45) is 16.4. The Balaban J connectivity index is 3.05. The summed E-state index contributed by atoms with van der Waals surface area (Å²) in [4.78, 5) is 4.74. The van der Waals surface area contributed by atoms with Crippen molar-refractivity contribution in [1.29, 1.82) is 0 Å². The van der Waals surface area contributed by atoms with Gasteiger partial charge < -0.3 is 4.84 Å². The normalized spacial score (nSPS) is 11.8. The maximum atomic E-state index is 4.74. The lowest BCUT2D eigenvalue weighted by molar-refractivity contribution is 0.212.